The van der Waals surface area contributed by atoms with Crippen LogP contribution in [0.3, 0.4) is 0 Å². The first-order valence-electron chi connectivity index (χ1n) is 6.40. The van der Waals surface area contributed by atoms with E-state index in [1.165, 1.54) is 24.3 Å². The fourth-order valence-electron chi connectivity index (χ4n) is 1.77. The van der Waals surface area contributed by atoms with Crippen LogP contribution in [0.2, 0.25) is 0 Å². The Bertz CT molecular complexity index is 739. The van der Waals surface area contributed by atoms with Gasteiger partial charge in [0, 0.05) is 23.5 Å². The lowest BCUT2D eigenvalue weighted by atomic mass is 10.2. The van der Waals surface area contributed by atoms with Crippen molar-refractivity contribution in [1.82, 2.24) is 9.97 Å². The second-order valence-corrected chi connectivity index (χ2v) is 5.51. The van der Waals surface area contributed by atoms with Gasteiger partial charge in [0.05, 0.1) is 4.92 Å². The van der Waals surface area contributed by atoms with Crippen molar-refractivity contribution < 1.29 is 9.72 Å². The average molecular weight is 315 g/mol. The summed E-state index contributed by atoms with van der Waals surface area (Å²) in [7, 11) is 0. The molecule has 0 amide bonds. The van der Waals surface area contributed by atoms with E-state index in [9.17, 15) is 14.9 Å². The Balaban J connectivity index is 2.08. The van der Waals surface area contributed by atoms with Gasteiger partial charge in [-0.25, -0.2) is 9.97 Å². The molecule has 0 saturated carbocycles. The molecule has 0 aliphatic heterocycles. The van der Waals surface area contributed by atoms with Crippen molar-refractivity contribution in [3.8, 4) is 0 Å². The van der Waals surface area contributed by atoms with Gasteiger partial charge in [-0.1, -0.05) is 18.2 Å². The maximum atomic E-state index is 11.9. The molecule has 1 aromatic heterocycles. The molecule has 0 N–H and O–H groups in total. The van der Waals surface area contributed by atoms with Crippen molar-refractivity contribution in [3.05, 3.63) is 63.5 Å². The van der Waals surface area contributed by atoms with Gasteiger partial charge in [0.15, 0.2) is 5.16 Å². The van der Waals surface area contributed by atoms with E-state index in [1.54, 1.807) is 12.1 Å². The quantitative estimate of drug-likeness (QED) is 0.283. The monoisotopic (exact) mass is 315 g/mol. The molecule has 2 rings (SSSR count). The van der Waals surface area contributed by atoms with Crippen molar-refractivity contribution in [3.63, 3.8) is 0 Å². The van der Waals surface area contributed by atoms with Gasteiger partial charge in [-0.15, -0.1) is 0 Å². The minimum absolute atomic E-state index is 0.0140. The van der Waals surface area contributed by atoms with Crippen molar-refractivity contribution >= 4 is 28.6 Å². The number of thioether (sulfide) groups is 1. The first kappa shape index (κ1) is 15.8. The molecule has 0 radical (unpaired) electrons. The van der Waals surface area contributed by atoms with Crippen LogP contribution >= 0.6 is 11.8 Å². The zero-order valence-corrected chi connectivity index (χ0v) is 12.8. The molecule has 0 fully saturated rings. The molecule has 0 aliphatic carbocycles. The standard InChI is InChI=1S/C15H13N3O3S/c1-10-8-11(2)17-15(16-10)22-14(19)7-6-12-4-3-5-13(9-12)18(20)21/h3-9H,1-2H3/b7-6+. The number of aromatic nitrogens is 2. The van der Waals surface area contributed by atoms with E-state index < -0.39 is 4.92 Å². The van der Waals surface area contributed by atoms with Crippen molar-refractivity contribution in [1.29, 1.82) is 0 Å². The van der Waals surface area contributed by atoms with Crippen LogP contribution in [0.25, 0.3) is 6.08 Å². The first-order valence-corrected chi connectivity index (χ1v) is 7.22. The Hall–Kier alpha value is -2.54. The highest BCUT2D eigenvalue weighted by Gasteiger charge is 2.07. The molecule has 7 heteroatoms. The molecule has 0 unspecified atom stereocenters. The smallest absolute Gasteiger partial charge is 0.270 e. The molecule has 0 atom stereocenters. The Morgan fingerprint density at radius 3 is 2.55 bits per heavy atom. The summed E-state index contributed by atoms with van der Waals surface area (Å²) in [5.74, 6) is 0. The number of nitro groups is 1. The molecule has 0 spiro atoms. The number of nitrogens with zero attached hydrogens (tertiary/aromatic N) is 3. The Kier molecular flexibility index (Phi) is 5.00. The molecule has 22 heavy (non-hydrogen) atoms. The lowest BCUT2D eigenvalue weighted by Gasteiger charge is -2.00. The van der Waals surface area contributed by atoms with E-state index in [1.807, 2.05) is 19.9 Å². The Morgan fingerprint density at radius 1 is 1.23 bits per heavy atom. The van der Waals surface area contributed by atoms with Gasteiger partial charge in [0.1, 0.15) is 0 Å². The third kappa shape index (κ3) is 4.49. The third-order valence-electron chi connectivity index (χ3n) is 2.65. The van der Waals surface area contributed by atoms with E-state index >= 15 is 0 Å². The summed E-state index contributed by atoms with van der Waals surface area (Å²) >= 11 is 0.920. The maximum Gasteiger partial charge on any atom is 0.270 e. The Morgan fingerprint density at radius 2 is 1.91 bits per heavy atom. The lowest BCUT2D eigenvalue weighted by Crippen LogP contribution is -1.95. The molecule has 1 aromatic carbocycles. The highest BCUT2D eigenvalue weighted by molar-refractivity contribution is 8.13. The lowest BCUT2D eigenvalue weighted by molar-refractivity contribution is -0.384. The van der Waals surface area contributed by atoms with E-state index in [0.717, 1.165) is 23.1 Å². The van der Waals surface area contributed by atoms with E-state index in [-0.39, 0.29) is 10.8 Å². The summed E-state index contributed by atoms with van der Waals surface area (Å²) in [4.78, 5) is 30.5. The number of hydrogen-bond donors (Lipinski definition) is 0. The van der Waals surface area contributed by atoms with Crippen LogP contribution in [0.4, 0.5) is 5.69 Å². The number of hydrogen-bond acceptors (Lipinski definition) is 6. The van der Waals surface area contributed by atoms with Crippen LogP contribution in [-0.4, -0.2) is 20.0 Å². The van der Waals surface area contributed by atoms with Crippen LogP contribution in [-0.2, 0) is 4.79 Å². The second-order valence-electron chi connectivity index (χ2n) is 4.54. The molecule has 2 aromatic rings. The Labute approximate surface area is 131 Å². The van der Waals surface area contributed by atoms with Crippen molar-refractivity contribution in [2.24, 2.45) is 0 Å². The average Bonchev–Trinajstić information content (AvgIpc) is 2.44. The molecule has 112 valence electrons. The molecule has 0 aliphatic rings. The first-order chi connectivity index (χ1) is 10.4. The summed E-state index contributed by atoms with van der Waals surface area (Å²) < 4.78 is 0. The normalized spacial score (nSPS) is 10.8. The van der Waals surface area contributed by atoms with Gasteiger partial charge in [0.2, 0.25) is 5.12 Å². The maximum absolute atomic E-state index is 11.9. The molecule has 1 heterocycles. The highest BCUT2D eigenvalue weighted by Crippen LogP contribution is 2.18. The van der Waals surface area contributed by atoms with Crippen molar-refractivity contribution in [2.45, 2.75) is 19.0 Å². The number of rotatable bonds is 4. The number of nitro benzene ring substituents is 1. The van der Waals surface area contributed by atoms with Crippen LogP contribution < -0.4 is 0 Å². The fraction of sp³-hybridized carbons (Fsp3) is 0.133. The zero-order chi connectivity index (χ0) is 16.1. The van der Waals surface area contributed by atoms with E-state index in [4.69, 9.17) is 0 Å². The zero-order valence-electron chi connectivity index (χ0n) is 12.0. The summed E-state index contributed by atoms with van der Waals surface area (Å²) in [5, 5.41) is 10.8. The molecular formula is C15H13N3O3S. The predicted octanol–water partition coefficient (Wildman–Crippen LogP) is 3.33. The predicted molar refractivity (Wildman–Crippen MR) is 84.5 cm³/mol. The minimum Gasteiger partial charge on any atom is -0.282 e. The number of aryl methyl sites for hydroxylation is 2. The topological polar surface area (TPSA) is 86.0 Å². The van der Waals surface area contributed by atoms with Gasteiger partial charge in [-0.05, 0) is 43.3 Å². The van der Waals surface area contributed by atoms with Crippen LogP contribution in [0.1, 0.15) is 17.0 Å². The largest absolute Gasteiger partial charge is 0.282 e. The van der Waals surface area contributed by atoms with E-state index in [0.29, 0.717) is 10.7 Å². The molecular weight excluding hydrogens is 302 g/mol. The van der Waals surface area contributed by atoms with Crippen LogP contribution in [0, 0.1) is 24.0 Å². The summed E-state index contributed by atoms with van der Waals surface area (Å²) in [5.41, 5.74) is 2.17. The van der Waals surface area contributed by atoms with Gasteiger partial charge in [-0.2, -0.15) is 0 Å². The van der Waals surface area contributed by atoms with Gasteiger partial charge < -0.3 is 0 Å². The second kappa shape index (κ2) is 6.95. The van der Waals surface area contributed by atoms with Gasteiger partial charge in [0.25, 0.3) is 5.69 Å². The number of carbonyl (C=O) groups excluding carboxylic acids is 1. The van der Waals surface area contributed by atoms with Crippen LogP contribution in [0.15, 0.2) is 41.6 Å². The van der Waals surface area contributed by atoms with E-state index in [2.05, 4.69) is 9.97 Å². The number of carbonyl (C=O) groups is 1. The summed E-state index contributed by atoms with van der Waals surface area (Å²) in [6.07, 6.45) is 2.88. The number of non-ortho nitro benzene ring substituents is 1. The SMILES string of the molecule is Cc1cc(C)nc(SC(=O)/C=C/c2cccc([N+](=O)[O-])c2)n1. The van der Waals surface area contributed by atoms with Crippen molar-refractivity contribution in [2.75, 3.05) is 0 Å². The summed E-state index contributed by atoms with van der Waals surface area (Å²) in [6.45, 7) is 3.67. The fourth-order valence-corrected chi connectivity index (χ4v) is 2.46. The third-order valence-corrected chi connectivity index (χ3v) is 3.35. The minimum atomic E-state index is -0.475. The van der Waals surface area contributed by atoms with Gasteiger partial charge in [-0.3, -0.25) is 14.9 Å². The number of benzene rings is 1. The molecule has 6 nitrogen and oxygen atoms in total. The molecule has 0 bridgehead atoms. The van der Waals surface area contributed by atoms with Crippen LogP contribution in [0.5, 0.6) is 0 Å². The highest BCUT2D eigenvalue weighted by atomic mass is 32.2. The summed E-state index contributed by atoms with van der Waals surface area (Å²) in [6, 6.07) is 7.89. The van der Waals surface area contributed by atoms with Gasteiger partial charge >= 0.3 is 0 Å². The molecule has 0 saturated heterocycles.